The van der Waals surface area contributed by atoms with Crippen molar-refractivity contribution in [3.8, 4) is 22.7 Å². The molecular formula is C31H29N3O2S2. The predicted octanol–water partition coefficient (Wildman–Crippen LogP) is 7.37. The number of hydrogen-bond donors (Lipinski definition) is 0. The first-order chi connectivity index (χ1) is 18.5. The number of thioether (sulfide) groups is 1. The molecule has 5 nitrogen and oxygen atoms in total. The minimum Gasteiger partial charge on any atom is -0.494 e. The maximum atomic E-state index is 13.3. The van der Waals surface area contributed by atoms with E-state index in [-0.39, 0.29) is 5.91 Å². The van der Waals surface area contributed by atoms with Gasteiger partial charge >= 0.3 is 0 Å². The lowest BCUT2D eigenvalue weighted by Crippen LogP contribution is -2.27. The molecule has 0 atom stereocenters. The van der Waals surface area contributed by atoms with Gasteiger partial charge in [0.05, 0.1) is 29.4 Å². The Morgan fingerprint density at radius 2 is 1.66 bits per heavy atom. The lowest BCUT2D eigenvalue weighted by atomic mass is 10.1. The van der Waals surface area contributed by atoms with Crippen LogP contribution in [-0.4, -0.2) is 31.5 Å². The fraction of sp³-hybridized carbons (Fsp3) is 0.194. The summed E-state index contributed by atoms with van der Waals surface area (Å²) in [6.45, 7) is 5.52. The highest BCUT2D eigenvalue weighted by Crippen LogP contribution is 2.36. The maximum absolute atomic E-state index is 13.3. The zero-order valence-electron chi connectivity index (χ0n) is 21.4. The fourth-order valence-electron chi connectivity index (χ4n) is 4.10. The van der Waals surface area contributed by atoms with E-state index in [4.69, 9.17) is 22.1 Å². The number of amides is 1. The molecule has 4 aromatic rings. The predicted molar refractivity (Wildman–Crippen MR) is 159 cm³/mol. The number of rotatable bonds is 9. The minimum absolute atomic E-state index is 0.0869. The average Bonchev–Trinajstić information content (AvgIpc) is 3.46. The second-order valence-electron chi connectivity index (χ2n) is 9.52. The third kappa shape index (κ3) is 6.06. The van der Waals surface area contributed by atoms with E-state index in [1.165, 1.54) is 11.8 Å². The van der Waals surface area contributed by atoms with Gasteiger partial charge in [-0.25, -0.2) is 4.68 Å². The summed E-state index contributed by atoms with van der Waals surface area (Å²) in [5, 5.41) is 4.90. The van der Waals surface area contributed by atoms with Gasteiger partial charge < -0.3 is 4.74 Å². The monoisotopic (exact) mass is 539 g/mol. The van der Waals surface area contributed by atoms with Crippen LogP contribution in [0.1, 0.15) is 31.4 Å². The Balaban J connectivity index is 1.45. The molecule has 5 rings (SSSR count). The van der Waals surface area contributed by atoms with Crippen LogP contribution < -0.4 is 4.74 Å². The molecule has 1 fully saturated rings. The van der Waals surface area contributed by atoms with Crippen molar-refractivity contribution in [2.45, 2.75) is 26.8 Å². The van der Waals surface area contributed by atoms with Gasteiger partial charge in [-0.1, -0.05) is 86.4 Å². The number of carbonyl (C=O) groups is 1. The van der Waals surface area contributed by atoms with Crippen LogP contribution in [0.2, 0.25) is 0 Å². The normalized spacial score (nSPS) is 14.6. The van der Waals surface area contributed by atoms with Crippen LogP contribution in [0.5, 0.6) is 5.75 Å². The summed E-state index contributed by atoms with van der Waals surface area (Å²) in [6, 6.07) is 27.8. The molecule has 0 spiro atoms. The Bertz CT molecular complexity index is 1450. The maximum Gasteiger partial charge on any atom is 0.266 e. The molecule has 1 amide bonds. The van der Waals surface area contributed by atoms with Crippen molar-refractivity contribution in [1.82, 2.24) is 14.7 Å². The van der Waals surface area contributed by atoms with Crippen LogP contribution in [0.25, 0.3) is 23.0 Å². The number of carbonyl (C=O) groups excluding carboxylic acids is 1. The van der Waals surface area contributed by atoms with E-state index < -0.39 is 0 Å². The van der Waals surface area contributed by atoms with Gasteiger partial charge in [0.15, 0.2) is 0 Å². The SMILES string of the molecule is CC(C)CCOc1ccc(-c2nn(-c3ccccc3)cc2/C=C2\SC(=S)N(Cc3ccccc3)C2=O)cc1. The van der Waals surface area contributed by atoms with E-state index in [0.29, 0.717) is 28.3 Å². The van der Waals surface area contributed by atoms with Crippen molar-refractivity contribution in [3.05, 3.63) is 107 Å². The van der Waals surface area contributed by atoms with E-state index in [1.54, 1.807) is 4.90 Å². The molecule has 0 aliphatic carbocycles. The van der Waals surface area contributed by atoms with Crippen molar-refractivity contribution in [2.75, 3.05) is 6.61 Å². The molecule has 0 radical (unpaired) electrons. The second kappa shape index (κ2) is 11.8. The molecule has 0 unspecified atom stereocenters. The standard InChI is InChI=1S/C31H29N3O2S2/c1-22(2)17-18-36-27-15-13-24(14-16-27)29-25(21-34(32-29)26-11-7-4-8-12-26)19-28-30(35)33(31(37)38-28)20-23-9-5-3-6-10-23/h3-16,19,21-22H,17-18,20H2,1-2H3/b28-19-. The third-order valence-corrected chi connectivity index (χ3v) is 7.58. The number of para-hydroxylation sites is 1. The van der Waals surface area contributed by atoms with Crippen molar-refractivity contribution in [1.29, 1.82) is 0 Å². The fourth-order valence-corrected chi connectivity index (χ4v) is 5.34. The van der Waals surface area contributed by atoms with Crippen LogP contribution in [0.15, 0.2) is 96.0 Å². The molecule has 1 saturated heterocycles. The van der Waals surface area contributed by atoms with Crippen LogP contribution >= 0.6 is 24.0 Å². The molecular weight excluding hydrogens is 510 g/mol. The van der Waals surface area contributed by atoms with Crippen LogP contribution in [0, 0.1) is 5.92 Å². The molecule has 0 N–H and O–H groups in total. The first kappa shape index (κ1) is 25.9. The molecule has 1 aliphatic heterocycles. The Morgan fingerprint density at radius 1 is 0.974 bits per heavy atom. The molecule has 2 heterocycles. The Morgan fingerprint density at radius 3 is 2.34 bits per heavy atom. The van der Waals surface area contributed by atoms with Crippen molar-refractivity contribution in [2.24, 2.45) is 5.92 Å². The molecule has 0 saturated carbocycles. The highest BCUT2D eigenvalue weighted by Gasteiger charge is 2.32. The highest BCUT2D eigenvalue weighted by atomic mass is 32.2. The number of hydrogen-bond acceptors (Lipinski definition) is 5. The number of thiocarbonyl (C=S) groups is 1. The van der Waals surface area contributed by atoms with E-state index >= 15 is 0 Å². The van der Waals surface area contributed by atoms with E-state index in [1.807, 2.05) is 102 Å². The molecule has 3 aromatic carbocycles. The van der Waals surface area contributed by atoms with Crippen LogP contribution in [0.4, 0.5) is 0 Å². The Labute approximate surface area is 233 Å². The van der Waals surface area contributed by atoms with E-state index in [2.05, 4.69) is 13.8 Å². The van der Waals surface area contributed by atoms with E-state index in [0.717, 1.165) is 40.2 Å². The molecule has 192 valence electrons. The van der Waals surface area contributed by atoms with Gasteiger partial charge in [-0.05, 0) is 60.4 Å². The highest BCUT2D eigenvalue weighted by molar-refractivity contribution is 8.26. The van der Waals surface area contributed by atoms with Gasteiger partial charge in [-0.3, -0.25) is 9.69 Å². The van der Waals surface area contributed by atoms with Crippen LogP contribution in [0.3, 0.4) is 0 Å². The van der Waals surface area contributed by atoms with Gasteiger partial charge in [0, 0.05) is 17.3 Å². The molecule has 0 bridgehead atoms. The summed E-state index contributed by atoms with van der Waals surface area (Å²) in [6.07, 6.45) is 4.87. The zero-order chi connectivity index (χ0) is 26.5. The number of ether oxygens (including phenoxy) is 1. The summed E-state index contributed by atoms with van der Waals surface area (Å²) in [5.74, 6) is 1.34. The van der Waals surface area contributed by atoms with Crippen LogP contribution in [-0.2, 0) is 11.3 Å². The summed E-state index contributed by atoms with van der Waals surface area (Å²) in [7, 11) is 0. The molecule has 1 aliphatic rings. The lowest BCUT2D eigenvalue weighted by Gasteiger charge is -2.14. The first-order valence-electron chi connectivity index (χ1n) is 12.7. The molecule has 38 heavy (non-hydrogen) atoms. The van der Waals surface area contributed by atoms with Crippen molar-refractivity contribution < 1.29 is 9.53 Å². The number of benzene rings is 3. The molecule has 1 aromatic heterocycles. The van der Waals surface area contributed by atoms with E-state index in [9.17, 15) is 4.79 Å². The molecule has 7 heteroatoms. The van der Waals surface area contributed by atoms with Gasteiger partial charge in [0.25, 0.3) is 5.91 Å². The second-order valence-corrected chi connectivity index (χ2v) is 11.2. The van der Waals surface area contributed by atoms with Gasteiger partial charge in [-0.2, -0.15) is 5.10 Å². The summed E-state index contributed by atoms with van der Waals surface area (Å²) in [5.41, 5.74) is 4.57. The number of nitrogens with zero attached hydrogens (tertiary/aromatic N) is 3. The largest absolute Gasteiger partial charge is 0.494 e. The first-order valence-corrected chi connectivity index (χ1v) is 13.9. The van der Waals surface area contributed by atoms with Crippen molar-refractivity contribution in [3.63, 3.8) is 0 Å². The van der Waals surface area contributed by atoms with Gasteiger partial charge in [-0.15, -0.1) is 0 Å². The number of aromatic nitrogens is 2. The minimum atomic E-state index is -0.0869. The quantitative estimate of drug-likeness (QED) is 0.164. The smallest absolute Gasteiger partial charge is 0.266 e. The Hall–Kier alpha value is -3.68. The Kier molecular flexibility index (Phi) is 8.05. The summed E-state index contributed by atoms with van der Waals surface area (Å²) >= 11 is 6.91. The third-order valence-electron chi connectivity index (χ3n) is 6.20. The summed E-state index contributed by atoms with van der Waals surface area (Å²) < 4.78 is 8.31. The van der Waals surface area contributed by atoms with Crippen molar-refractivity contribution >= 4 is 40.3 Å². The van der Waals surface area contributed by atoms with Gasteiger partial charge in [0.2, 0.25) is 0 Å². The zero-order valence-corrected chi connectivity index (χ0v) is 23.0. The summed E-state index contributed by atoms with van der Waals surface area (Å²) in [4.78, 5) is 15.6. The topological polar surface area (TPSA) is 47.4 Å². The lowest BCUT2D eigenvalue weighted by molar-refractivity contribution is -0.122. The van der Waals surface area contributed by atoms with Gasteiger partial charge in [0.1, 0.15) is 10.1 Å². The average molecular weight is 540 g/mol.